The lowest BCUT2D eigenvalue weighted by Gasteiger charge is -2.19. The van der Waals surface area contributed by atoms with Crippen molar-refractivity contribution in [2.45, 2.75) is 39.5 Å². The van der Waals surface area contributed by atoms with E-state index in [1.807, 2.05) is 12.3 Å². The summed E-state index contributed by atoms with van der Waals surface area (Å²) in [6.07, 6.45) is 4.16. The second kappa shape index (κ2) is 9.01. The highest BCUT2D eigenvalue weighted by molar-refractivity contribution is 5.75. The van der Waals surface area contributed by atoms with Crippen molar-refractivity contribution in [3.05, 3.63) is 71.4 Å². The third-order valence-electron chi connectivity index (χ3n) is 3.68. The molecule has 0 saturated heterocycles. The van der Waals surface area contributed by atoms with Crippen LogP contribution >= 0.6 is 0 Å². The van der Waals surface area contributed by atoms with Gasteiger partial charge in [0.2, 0.25) is 0 Å². The van der Waals surface area contributed by atoms with Gasteiger partial charge in [0.1, 0.15) is 0 Å². The quantitative estimate of drug-likeness (QED) is 0.758. The van der Waals surface area contributed by atoms with Crippen LogP contribution in [-0.4, -0.2) is 23.1 Å². The molecule has 1 N–H and O–H groups in total. The minimum atomic E-state index is 0. The van der Waals surface area contributed by atoms with Crippen molar-refractivity contribution in [3.63, 3.8) is 0 Å². The molecule has 0 aliphatic rings. The molecule has 0 aliphatic heterocycles. The van der Waals surface area contributed by atoms with Crippen LogP contribution in [0.15, 0.2) is 54.7 Å². The third kappa shape index (κ3) is 4.89. The molecule has 0 aliphatic carbocycles. The summed E-state index contributed by atoms with van der Waals surface area (Å²) in [6, 6.07) is 17.0. The summed E-state index contributed by atoms with van der Waals surface area (Å²) < 4.78 is 0. The van der Waals surface area contributed by atoms with E-state index < -0.39 is 0 Å². The molecule has 2 rings (SSSR count). The van der Waals surface area contributed by atoms with Crippen molar-refractivity contribution in [1.29, 1.82) is 0 Å². The predicted octanol–water partition coefficient (Wildman–Crippen LogP) is 5.10. The van der Waals surface area contributed by atoms with Crippen LogP contribution in [0.2, 0.25) is 0 Å². The van der Waals surface area contributed by atoms with E-state index in [9.17, 15) is 0 Å². The van der Waals surface area contributed by atoms with Crippen LogP contribution < -0.4 is 5.32 Å². The zero-order valence-electron chi connectivity index (χ0n) is 13.4. The second-order valence-corrected chi connectivity index (χ2v) is 6.01. The maximum absolute atomic E-state index is 3.51. The Kier molecular flexibility index (Phi) is 7.70. The van der Waals surface area contributed by atoms with Gasteiger partial charge in [-0.1, -0.05) is 76.2 Å². The summed E-state index contributed by atoms with van der Waals surface area (Å²) in [7, 11) is 0. The average molecular weight is 306 g/mol. The maximum Gasteiger partial charge on any atom is 0.316 e. The van der Waals surface area contributed by atoms with Crippen LogP contribution in [-0.2, 0) is 0 Å². The molecule has 2 aromatic carbocycles. The number of rotatable bonds is 5. The monoisotopic (exact) mass is 305 g/mol. The van der Waals surface area contributed by atoms with Gasteiger partial charge in [-0.05, 0) is 34.6 Å². The SMILES string of the molecule is CC(C)c1cccc(C(C)C)c1NC=Cc1ccccc1.[MgH2]. The number of para-hydroxylation sites is 1. The normalized spacial score (nSPS) is 11.0. The lowest BCUT2D eigenvalue weighted by Crippen LogP contribution is -2.02. The van der Waals surface area contributed by atoms with Crippen LogP contribution in [0.5, 0.6) is 0 Å². The Balaban J connectivity index is 0.00000242. The number of nitrogens with one attached hydrogen (secondary N) is 1. The average Bonchev–Trinajstić information content (AvgIpc) is 2.48. The van der Waals surface area contributed by atoms with Gasteiger partial charge in [-0.25, -0.2) is 0 Å². The molecule has 0 bridgehead atoms. The molecule has 22 heavy (non-hydrogen) atoms. The van der Waals surface area contributed by atoms with Crippen molar-refractivity contribution in [3.8, 4) is 0 Å². The summed E-state index contributed by atoms with van der Waals surface area (Å²) in [4.78, 5) is 0. The fraction of sp³-hybridized carbons (Fsp3) is 0.300. The first-order chi connectivity index (χ1) is 10.1. The Morgan fingerprint density at radius 3 is 1.82 bits per heavy atom. The molecule has 0 spiro atoms. The fourth-order valence-electron chi connectivity index (χ4n) is 2.50. The first-order valence-corrected chi connectivity index (χ1v) is 7.70. The molecule has 0 unspecified atom stereocenters. The summed E-state index contributed by atoms with van der Waals surface area (Å²) in [5.41, 5.74) is 5.21. The first kappa shape index (κ1) is 18.8. The van der Waals surface area contributed by atoms with Crippen molar-refractivity contribution >= 4 is 34.8 Å². The van der Waals surface area contributed by atoms with E-state index in [0.717, 1.165) is 0 Å². The Hall–Kier alpha value is -1.25. The van der Waals surface area contributed by atoms with Gasteiger partial charge in [-0.3, -0.25) is 0 Å². The van der Waals surface area contributed by atoms with E-state index in [4.69, 9.17) is 0 Å². The maximum atomic E-state index is 3.51. The number of hydrogen-bond acceptors (Lipinski definition) is 1. The van der Waals surface area contributed by atoms with Crippen LogP contribution in [0.1, 0.15) is 56.2 Å². The predicted molar refractivity (Wildman–Crippen MR) is 102 cm³/mol. The molecular weight excluding hydrogens is 279 g/mol. The Labute approximate surface area is 151 Å². The van der Waals surface area contributed by atoms with Gasteiger partial charge < -0.3 is 5.32 Å². The van der Waals surface area contributed by atoms with Crippen LogP contribution in [0.3, 0.4) is 0 Å². The molecule has 0 aromatic heterocycles. The second-order valence-electron chi connectivity index (χ2n) is 6.01. The highest BCUT2D eigenvalue weighted by Gasteiger charge is 2.12. The van der Waals surface area contributed by atoms with Crippen molar-refractivity contribution in [1.82, 2.24) is 0 Å². The minimum Gasteiger partial charge on any atom is -0.361 e. The highest BCUT2D eigenvalue weighted by Crippen LogP contribution is 2.32. The Bertz CT molecular complexity index is 574. The van der Waals surface area contributed by atoms with Gasteiger partial charge in [-0.15, -0.1) is 0 Å². The Morgan fingerprint density at radius 1 is 0.773 bits per heavy atom. The molecule has 0 atom stereocenters. The lowest BCUT2D eigenvalue weighted by molar-refractivity contribution is 0.838. The smallest absolute Gasteiger partial charge is 0.316 e. The van der Waals surface area contributed by atoms with Crippen molar-refractivity contribution in [2.24, 2.45) is 0 Å². The van der Waals surface area contributed by atoms with Gasteiger partial charge in [0, 0.05) is 11.9 Å². The molecule has 2 aromatic rings. The fourth-order valence-corrected chi connectivity index (χ4v) is 2.50. The summed E-state index contributed by atoms with van der Waals surface area (Å²) in [6.45, 7) is 8.97. The molecule has 0 saturated carbocycles. The molecule has 0 radical (unpaired) electrons. The lowest BCUT2D eigenvalue weighted by atomic mass is 9.93. The van der Waals surface area contributed by atoms with Gasteiger partial charge in [-0.2, -0.15) is 0 Å². The molecular formula is C20H27MgN. The van der Waals surface area contributed by atoms with Gasteiger partial charge >= 0.3 is 23.1 Å². The van der Waals surface area contributed by atoms with Crippen LogP contribution in [0, 0.1) is 0 Å². The first-order valence-electron chi connectivity index (χ1n) is 7.70. The molecule has 2 heteroatoms. The van der Waals surface area contributed by atoms with Crippen LogP contribution in [0.4, 0.5) is 5.69 Å². The van der Waals surface area contributed by atoms with Gasteiger partial charge in [0.25, 0.3) is 0 Å². The van der Waals surface area contributed by atoms with E-state index in [0.29, 0.717) is 11.8 Å². The van der Waals surface area contributed by atoms with E-state index in [1.54, 1.807) is 0 Å². The summed E-state index contributed by atoms with van der Waals surface area (Å²) >= 11 is 0. The van der Waals surface area contributed by atoms with Gasteiger partial charge in [0.15, 0.2) is 0 Å². The van der Waals surface area contributed by atoms with E-state index >= 15 is 0 Å². The molecule has 1 nitrogen and oxygen atoms in total. The number of hydrogen-bond donors (Lipinski definition) is 1. The molecule has 0 fully saturated rings. The summed E-state index contributed by atoms with van der Waals surface area (Å²) in [5, 5.41) is 3.51. The number of anilines is 1. The zero-order chi connectivity index (χ0) is 15.2. The highest BCUT2D eigenvalue weighted by atomic mass is 24.3. The standard InChI is InChI=1S/C20H25N.Mg.2H/c1-15(2)18-11-8-12-19(16(3)4)20(18)21-14-13-17-9-6-5-7-10-17;;;/h5-16,21H,1-4H3;;;. The van der Waals surface area contributed by atoms with Gasteiger partial charge in [0.05, 0.1) is 0 Å². The topological polar surface area (TPSA) is 12.0 Å². The van der Waals surface area contributed by atoms with Crippen LogP contribution in [0.25, 0.3) is 6.08 Å². The molecule has 114 valence electrons. The number of benzene rings is 2. The van der Waals surface area contributed by atoms with E-state index in [1.165, 1.54) is 22.4 Å². The molecule has 0 heterocycles. The molecule has 0 amide bonds. The zero-order valence-corrected chi connectivity index (χ0v) is 13.4. The summed E-state index contributed by atoms with van der Waals surface area (Å²) in [5.74, 6) is 1.02. The Morgan fingerprint density at radius 2 is 1.32 bits per heavy atom. The van der Waals surface area contributed by atoms with Crippen molar-refractivity contribution in [2.75, 3.05) is 5.32 Å². The van der Waals surface area contributed by atoms with E-state index in [2.05, 4.69) is 81.6 Å². The third-order valence-corrected chi connectivity index (χ3v) is 3.68. The van der Waals surface area contributed by atoms with E-state index in [-0.39, 0.29) is 23.1 Å². The van der Waals surface area contributed by atoms with Crippen molar-refractivity contribution < 1.29 is 0 Å². The minimum absolute atomic E-state index is 0. The largest absolute Gasteiger partial charge is 0.361 e.